The van der Waals surface area contributed by atoms with Gasteiger partial charge in [0.05, 0.1) is 18.2 Å². The van der Waals surface area contributed by atoms with Gasteiger partial charge in [-0.1, -0.05) is 29.8 Å². The summed E-state index contributed by atoms with van der Waals surface area (Å²) in [5.41, 5.74) is 1.99. The summed E-state index contributed by atoms with van der Waals surface area (Å²) in [5.74, 6) is 0.0478. The van der Waals surface area contributed by atoms with Crippen LogP contribution in [0, 0.1) is 5.92 Å². The molecule has 1 atom stereocenters. The fourth-order valence-corrected chi connectivity index (χ4v) is 3.50. The van der Waals surface area contributed by atoms with Gasteiger partial charge >= 0.3 is 0 Å². The van der Waals surface area contributed by atoms with Crippen molar-refractivity contribution in [2.24, 2.45) is 5.92 Å². The third-order valence-corrected chi connectivity index (χ3v) is 5.19. The zero-order valence-electron chi connectivity index (χ0n) is 15.5. The van der Waals surface area contributed by atoms with Gasteiger partial charge in [0.2, 0.25) is 11.8 Å². The number of nitrogens with zero attached hydrogens (tertiary/aromatic N) is 3. The first kappa shape index (κ1) is 19.4. The molecule has 1 aliphatic heterocycles. The summed E-state index contributed by atoms with van der Waals surface area (Å²) in [6.45, 7) is 1.58. The van der Waals surface area contributed by atoms with E-state index in [0.717, 1.165) is 17.7 Å². The van der Waals surface area contributed by atoms with Crippen LogP contribution in [0.1, 0.15) is 24.1 Å². The van der Waals surface area contributed by atoms with Crippen molar-refractivity contribution in [3.8, 4) is 0 Å². The van der Waals surface area contributed by atoms with Crippen LogP contribution < -0.4 is 0 Å². The summed E-state index contributed by atoms with van der Waals surface area (Å²) in [7, 11) is 1.80. The van der Waals surface area contributed by atoms with Gasteiger partial charge in [-0.25, -0.2) is 0 Å². The molecule has 1 fully saturated rings. The highest BCUT2D eigenvalue weighted by Gasteiger charge is 2.31. The SMILES string of the molecule is CN(Cc1ccccn1)C(=O)[C@@H]1CCC(=O)N(CCc2ccc(Cl)cc2)C1. The lowest BCUT2D eigenvalue weighted by Gasteiger charge is -2.34. The molecular formula is C21H24ClN3O2. The van der Waals surface area contributed by atoms with E-state index in [1.54, 1.807) is 18.1 Å². The van der Waals surface area contributed by atoms with Crippen molar-refractivity contribution in [2.75, 3.05) is 20.1 Å². The number of benzene rings is 1. The summed E-state index contributed by atoms with van der Waals surface area (Å²) in [4.78, 5) is 32.9. The lowest BCUT2D eigenvalue weighted by molar-refractivity contribution is -0.142. The van der Waals surface area contributed by atoms with Gasteiger partial charge in [-0.05, 0) is 42.7 Å². The van der Waals surface area contributed by atoms with Gasteiger partial charge in [0, 0.05) is 37.8 Å². The maximum absolute atomic E-state index is 12.8. The molecule has 1 saturated heterocycles. The van der Waals surface area contributed by atoms with E-state index in [4.69, 9.17) is 11.6 Å². The second kappa shape index (κ2) is 9.00. The Hall–Kier alpha value is -2.40. The molecule has 5 nitrogen and oxygen atoms in total. The normalized spacial score (nSPS) is 17.0. The van der Waals surface area contributed by atoms with Crippen LogP contribution >= 0.6 is 11.6 Å². The third kappa shape index (κ3) is 5.30. The number of amides is 2. The zero-order chi connectivity index (χ0) is 19.2. The van der Waals surface area contributed by atoms with E-state index >= 15 is 0 Å². The van der Waals surface area contributed by atoms with Crippen molar-refractivity contribution < 1.29 is 9.59 Å². The lowest BCUT2D eigenvalue weighted by atomic mass is 9.95. The quantitative estimate of drug-likeness (QED) is 0.767. The van der Waals surface area contributed by atoms with Gasteiger partial charge in [-0.15, -0.1) is 0 Å². The predicted octanol–water partition coefficient (Wildman–Crippen LogP) is 3.17. The van der Waals surface area contributed by atoms with Crippen LogP contribution in [-0.2, 0) is 22.6 Å². The molecular weight excluding hydrogens is 362 g/mol. The van der Waals surface area contributed by atoms with Crippen molar-refractivity contribution >= 4 is 23.4 Å². The van der Waals surface area contributed by atoms with Crippen LogP contribution in [0.4, 0.5) is 0 Å². The Morgan fingerprint density at radius 2 is 2.04 bits per heavy atom. The van der Waals surface area contributed by atoms with E-state index in [2.05, 4.69) is 4.98 Å². The summed E-state index contributed by atoms with van der Waals surface area (Å²) in [6.07, 6.45) is 3.52. The molecule has 142 valence electrons. The molecule has 1 aromatic heterocycles. The van der Waals surface area contributed by atoms with Gasteiger partial charge < -0.3 is 9.80 Å². The topological polar surface area (TPSA) is 53.5 Å². The van der Waals surface area contributed by atoms with Crippen LogP contribution in [0.3, 0.4) is 0 Å². The standard InChI is InChI=1S/C21H24ClN3O2/c1-24(15-19-4-2-3-12-23-19)21(27)17-7-10-20(26)25(14-17)13-11-16-5-8-18(22)9-6-16/h2-6,8-9,12,17H,7,10-11,13-15H2,1H3/t17-/m1/s1. The number of piperidine rings is 1. The zero-order valence-corrected chi connectivity index (χ0v) is 16.2. The Kier molecular flexibility index (Phi) is 6.45. The molecule has 1 aromatic carbocycles. The van der Waals surface area contributed by atoms with Crippen LogP contribution in [0.5, 0.6) is 0 Å². The number of carbonyl (C=O) groups is 2. The minimum absolute atomic E-state index is 0.0737. The minimum atomic E-state index is -0.151. The number of hydrogen-bond acceptors (Lipinski definition) is 3. The molecule has 6 heteroatoms. The molecule has 0 aliphatic carbocycles. The monoisotopic (exact) mass is 385 g/mol. The first-order valence-corrected chi connectivity index (χ1v) is 9.58. The van der Waals surface area contributed by atoms with E-state index < -0.39 is 0 Å². The minimum Gasteiger partial charge on any atom is -0.342 e. The molecule has 0 N–H and O–H groups in total. The second-order valence-electron chi connectivity index (χ2n) is 6.97. The Balaban J connectivity index is 1.56. The molecule has 27 heavy (non-hydrogen) atoms. The van der Waals surface area contributed by atoms with Gasteiger partial charge in [-0.2, -0.15) is 0 Å². The maximum Gasteiger partial charge on any atom is 0.227 e. The van der Waals surface area contributed by atoms with Gasteiger partial charge in [0.15, 0.2) is 0 Å². The van der Waals surface area contributed by atoms with Gasteiger partial charge in [0.25, 0.3) is 0 Å². The molecule has 1 aliphatic rings. The lowest BCUT2D eigenvalue weighted by Crippen LogP contribution is -2.46. The Morgan fingerprint density at radius 3 is 2.74 bits per heavy atom. The molecule has 2 amide bonds. The van der Waals surface area contributed by atoms with Crippen LogP contribution in [0.25, 0.3) is 0 Å². The summed E-state index contributed by atoms with van der Waals surface area (Å²) in [5, 5.41) is 0.703. The molecule has 0 bridgehead atoms. The summed E-state index contributed by atoms with van der Waals surface area (Å²) >= 11 is 5.91. The van der Waals surface area contributed by atoms with Gasteiger partial charge in [0.1, 0.15) is 0 Å². The molecule has 2 heterocycles. The largest absolute Gasteiger partial charge is 0.342 e. The first-order valence-electron chi connectivity index (χ1n) is 9.20. The van der Waals surface area contributed by atoms with Crippen molar-refractivity contribution in [3.05, 3.63) is 64.9 Å². The van der Waals surface area contributed by atoms with E-state index in [0.29, 0.717) is 37.5 Å². The molecule has 0 saturated carbocycles. The number of hydrogen-bond donors (Lipinski definition) is 0. The van der Waals surface area contributed by atoms with Gasteiger partial charge in [-0.3, -0.25) is 14.6 Å². The highest BCUT2D eigenvalue weighted by molar-refractivity contribution is 6.30. The van der Waals surface area contributed by atoms with E-state index in [9.17, 15) is 9.59 Å². The Labute approximate surface area is 164 Å². The highest BCUT2D eigenvalue weighted by Crippen LogP contribution is 2.21. The summed E-state index contributed by atoms with van der Waals surface area (Å²) < 4.78 is 0. The number of halogens is 1. The Bertz CT molecular complexity index is 780. The van der Waals surface area contributed by atoms with Crippen molar-refractivity contribution in [3.63, 3.8) is 0 Å². The average molecular weight is 386 g/mol. The molecule has 0 unspecified atom stereocenters. The van der Waals surface area contributed by atoms with Crippen molar-refractivity contribution in [1.82, 2.24) is 14.8 Å². The average Bonchev–Trinajstić information content (AvgIpc) is 2.69. The highest BCUT2D eigenvalue weighted by atomic mass is 35.5. The third-order valence-electron chi connectivity index (χ3n) is 4.93. The number of likely N-dealkylation sites (tertiary alicyclic amines) is 1. The number of aromatic nitrogens is 1. The molecule has 0 spiro atoms. The second-order valence-corrected chi connectivity index (χ2v) is 7.40. The smallest absolute Gasteiger partial charge is 0.227 e. The maximum atomic E-state index is 12.8. The van der Waals surface area contributed by atoms with Crippen LogP contribution in [0.15, 0.2) is 48.7 Å². The predicted molar refractivity (Wildman–Crippen MR) is 105 cm³/mol. The fraction of sp³-hybridized carbons (Fsp3) is 0.381. The molecule has 2 aromatic rings. The fourth-order valence-electron chi connectivity index (χ4n) is 3.37. The molecule has 0 radical (unpaired) electrons. The van der Waals surface area contributed by atoms with Crippen molar-refractivity contribution in [2.45, 2.75) is 25.8 Å². The van der Waals surface area contributed by atoms with E-state index in [-0.39, 0.29) is 17.7 Å². The number of pyridine rings is 1. The molecule has 3 rings (SSSR count). The van der Waals surface area contributed by atoms with E-state index in [1.807, 2.05) is 47.4 Å². The first-order chi connectivity index (χ1) is 13.0. The number of rotatable bonds is 6. The van der Waals surface area contributed by atoms with E-state index in [1.165, 1.54) is 0 Å². The summed E-state index contributed by atoms with van der Waals surface area (Å²) in [6, 6.07) is 13.3. The van der Waals surface area contributed by atoms with Crippen LogP contribution in [-0.4, -0.2) is 46.7 Å². The Morgan fingerprint density at radius 1 is 1.26 bits per heavy atom. The van der Waals surface area contributed by atoms with Crippen molar-refractivity contribution in [1.29, 1.82) is 0 Å². The van der Waals surface area contributed by atoms with Crippen LogP contribution in [0.2, 0.25) is 5.02 Å². The number of carbonyl (C=O) groups excluding carboxylic acids is 2.